The van der Waals surface area contributed by atoms with Crippen LogP contribution in [0.2, 0.25) is 0 Å². The van der Waals surface area contributed by atoms with Crippen LogP contribution in [0.1, 0.15) is 27.2 Å². The fraction of sp³-hybridized carbons (Fsp3) is 0.917. The van der Waals surface area contributed by atoms with Crippen molar-refractivity contribution < 1.29 is 19.0 Å². The first-order chi connectivity index (χ1) is 7.94. The molecule has 2 aliphatic heterocycles. The number of ether oxygens (including phenoxy) is 3. The van der Waals surface area contributed by atoms with Gasteiger partial charge in [-0.15, -0.1) is 0 Å². The molecule has 2 rings (SSSR count). The van der Waals surface area contributed by atoms with E-state index in [1.165, 1.54) is 0 Å². The molecule has 1 amide bonds. The van der Waals surface area contributed by atoms with Crippen LogP contribution < -0.4 is 0 Å². The van der Waals surface area contributed by atoms with Crippen molar-refractivity contribution in [1.82, 2.24) is 4.90 Å². The third kappa shape index (κ3) is 4.16. The van der Waals surface area contributed by atoms with Crippen molar-refractivity contribution in [3.05, 3.63) is 0 Å². The molecule has 0 aliphatic carbocycles. The smallest absolute Gasteiger partial charge is 0.410 e. The van der Waals surface area contributed by atoms with E-state index in [1.54, 1.807) is 4.90 Å². The van der Waals surface area contributed by atoms with Crippen molar-refractivity contribution in [2.24, 2.45) is 0 Å². The van der Waals surface area contributed by atoms with Gasteiger partial charge >= 0.3 is 6.09 Å². The lowest BCUT2D eigenvalue weighted by Crippen LogP contribution is -2.36. The van der Waals surface area contributed by atoms with E-state index in [2.05, 4.69) is 0 Å². The van der Waals surface area contributed by atoms with E-state index < -0.39 is 5.60 Å². The molecule has 5 nitrogen and oxygen atoms in total. The SMILES string of the molecule is CC(C)(C)OC(=O)N1CC[C@H](OC[C@H]2CO2)C1. The second-order valence-corrected chi connectivity index (χ2v) is 5.63. The van der Waals surface area contributed by atoms with Crippen molar-refractivity contribution in [3.8, 4) is 0 Å². The predicted octanol–water partition coefficient (Wildman–Crippen LogP) is 1.41. The van der Waals surface area contributed by atoms with Gasteiger partial charge in [0.15, 0.2) is 0 Å². The molecule has 2 aliphatic rings. The molecular formula is C12H21NO4. The molecule has 0 N–H and O–H groups in total. The summed E-state index contributed by atoms with van der Waals surface area (Å²) in [6.45, 7) is 8.42. The number of epoxide rings is 1. The molecule has 5 heteroatoms. The van der Waals surface area contributed by atoms with Gasteiger partial charge in [0, 0.05) is 6.54 Å². The Balaban J connectivity index is 1.70. The Morgan fingerprint density at radius 3 is 2.76 bits per heavy atom. The number of carbonyl (C=O) groups is 1. The second-order valence-electron chi connectivity index (χ2n) is 5.63. The number of hydrogen-bond donors (Lipinski definition) is 0. The third-order valence-corrected chi connectivity index (χ3v) is 2.72. The van der Waals surface area contributed by atoms with E-state index in [-0.39, 0.29) is 18.3 Å². The van der Waals surface area contributed by atoms with Gasteiger partial charge in [-0.05, 0) is 27.2 Å². The number of hydrogen-bond acceptors (Lipinski definition) is 4. The van der Waals surface area contributed by atoms with Gasteiger partial charge < -0.3 is 19.1 Å². The van der Waals surface area contributed by atoms with Gasteiger partial charge in [-0.25, -0.2) is 4.79 Å². The molecular weight excluding hydrogens is 222 g/mol. The maximum absolute atomic E-state index is 11.8. The molecule has 2 atom stereocenters. The highest BCUT2D eigenvalue weighted by Gasteiger charge is 2.32. The van der Waals surface area contributed by atoms with E-state index in [4.69, 9.17) is 14.2 Å². The molecule has 0 aromatic heterocycles. The van der Waals surface area contributed by atoms with Crippen molar-refractivity contribution >= 4 is 6.09 Å². The van der Waals surface area contributed by atoms with Crippen LogP contribution >= 0.6 is 0 Å². The van der Waals surface area contributed by atoms with Gasteiger partial charge in [0.2, 0.25) is 0 Å². The average Bonchev–Trinajstić information content (AvgIpc) is 2.90. The summed E-state index contributed by atoms with van der Waals surface area (Å²) in [5.74, 6) is 0. The van der Waals surface area contributed by atoms with Crippen molar-refractivity contribution in [3.63, 3.8) is 0 Å². The summed E-state index contributed by atoms with van der Waals surface area (Å²) < 4.78 is 16.1. The summed E-state index contributed by atoms with van der Waals surface area (Å²) in [5.41, 5.74) is -0.433. The summed E-state index contributed by atoms with van der Waals surface area (Å²) in [7, 11) is 0. The first kappa shape index (κ1) is 12.6. The van der Waals surface area contributed by atoms with Crippen LogP contribution in [0.5, 0.6) is 0 Å². The van der Waals surface area contributed by atoms with E-state index in [9.17, 15) is 4.79 Å². The summed E-state index contributed by atoms with van der Waals surface area (Å²) in [5, 5.41) is 0. The fourth-order valence-corrected chi connectivity index (χ4v) is 1.76. The van der Waals surface area contributed by atoms with Gasteiger partial charge in [-0.2, -0.15) is 0 Å². The summed E-state index contributed by atoms with van der Waals surface area (Å²) in [6.07, 6.45) is 1.05. The van der Waals surface area contributed by atoms with Gasteiger partial charge in [0.25, 0.3) is 0 Å². The highest BCUT2D eigenvalue weighted by Crippen LogP contribution is 2.18. The van der Waals surface area contributed by atoms with Crippen LogP contribution in [0.3, 0.4) is 0 Å². The lowest BCUT2D eigenvalue weighted by Gasteiger charge is -2.24. The number of rotatable bonds is 3. The van der Waals surface area contributed by atoms with Crippen molar-refractivity contribution in [2.75, 3.05) is 26.3 Å². The number of likely N-dealkylation sites (tertiary alicyclic amines) is 1. The Labute approximate surface area is 102 Å². The molecule has 0 radical (unpaired) electrons. The fourth-order valence-electron chi connectivity index (χ4n) is 1.76. The lowest BCUT2D eigenvalue weighted by molar-refractivity contribution is 0.0193. The van der Waals surface area contributed by atoms with Crippen LogP contribution in [0.25, 0.3) is 0 Å². The highest BCUT2D eigenvalue weighted by molar-refractivity contribution is 5.68. The summed E-state index contributed by atoms with van der Waals surface area (Å²) >= 11 is 0. The molecule has 0 aromatic carbocycles. The van der Waals surface area contributed by atoms with Crippen molar-refractivity contribution in [2.45, 2.75) is 45.0 Å². The number of carbonyl (C=O) groups excluding carboxylic acids is 1. The van der Waals surface area contributed by atoms with Crippen LogP contribution in [-0.4, -0.2) is 55.1 Å². The zero-order valence-corrected chi connectivity index (χ0v) is 10.8. The minimum absolute atomic E-state index is 0.131. The van der Waals surface area contributed by atoms with Crippen molar-refractivity contribution in [1.29, 1.82) is 0 Å². The van der Waals surface area contributed by atoms with Gasteiger partial charge in [0.05, 0.1) is 25.9 Å². The molecule has 0 bridgehead atoms. The first-order valence-electron chi connectivity index (χ1n) is 6.15. The zero-order chi connectivity index (χ0) is 12.5. The molecule has 0 saturated carbocycles. The molecule has 2 saturated heterocycles. The van der Waals surface area contributed by atoms with Crippen LogP contribution in [-0.2, 0) is 14.2 Å². The van der Waals surface area contributed by atoms with Gasteiger partial charge in [0.1, 0.15) is 11.7 Å². The van der Waals surface area contributed by atoms with Crippen LogP contribution in [0.4, 0.5) is 4.79 Å². The Kier molecular flexibility index (Phi) is 3.58. The van der Waals surface area contributed by atoms with Crippen LogP contribution in [0.15, 0.2) is 0 Å². The molecule has 2 fully saturated rings. The number of nitrogens with zero attached hydrogens (tertiary/aromatic N) is 1. The molecule has 2 heterocycles. The van der Waals surface area contributed by atoms with Gasteiger partial charge in [-0.1, -0.05) is 0 Å². The third-order valence-electron chi connectivity index (χ3n) is 2.72. The standard InChI is InChI=1S/C12H21NO4/c1-12(2,3)17-11(14)13-5-4-9(6-13)15-7-10-8-16-10/h9-10H,4-8H2,1-3H3/t9-,10-/m0/s1. The highest BCUT2D eigenvalue weighted by atomic mass is 16.6. The summed E-state index contributed by atoms with van der Waals surface area (Å²) in [4.78, 5) is 13.5. The monoisotopic (exact) mass is 243 g/mol. The van der Waals surface area contributed by atoms with Crippen LogP contribution in [0, 0.1) is 0 Å². The quantitative estimate of drug-likeness (QED) is 0.703. The topological polar surface area (TPSA) is 51.3 Å². The Morgan fingerprint density at radius 1 is 1.47 bits per heavy atom. The molecule has 17 heavy (non-hydrogen) atoms. The normalized spacial score (nSPS) is 28.3. The van der Waals surface area contributed by atoms with E-state index in [1.807, 2.05) is 20.8 Å². The predicted molar refractivity (Wildman–Crippen MR) is 61.9 cm³/mol. The Hall–Kier alpha value is -0.810. The Bertz CT molecular complexity index is 283. The lowest BCUT2D eigenvalue weighted by atomic mass is 10.2. The zero-order valence-electron chi connectivity index (χ0n) is 10.8. The summed E-state index contributed by atoms with van der Waals surface area (Å²) in [6, 6.07) is 0. The maximum atomic E-state index is 11.8. The van der Waals surface area contributed by atoms with E-state index >= 15 is 0 Å². The second kappa shape index (κ2) is 4.82. The first-order valence-corrected chi connectivity index (χ1v) is 6.15. The molecule has 98 valence electrons. The molecule has 0 aromatic rings. The Morgan fingerprint density at radius 2 is 2.18 bits per heavy atom. The molecule has 0 unspecified atom stereocenters. The van der Waals surface area contributed by atoms with Gasteiger partial charge in [-0.3, -0.25) is 0 Å². The number of amides is 1. The minimum atomic E-state index is -0.433. The molecule has 0 spiro atoms. The van der Waals surface area contributed by atoms with E-state index in [0.717, 1.165) is 13.0 Å². The van der Waals surface area contributed by atoms with E-state index in [0.29, 0.717) is 19.7 Å². The largest absolute Gasteiger partial charge is 0.444 e. The maximum Gasteiger partial charge on any atom is 0.410 e. The minimum Gasteiger partial charge on any atom is -0.444 e. The average molecular weight is 243 g/mol.